The van der Waals surface area contributed by atoms with Gasteiger partial charge < -0.3 is 10.1 Å². The minimum atomic E-state index is -0.0765. The Morgan fingerprint density at radius 1 is 1.57 bits per heavy atom. The molecule has 1 aliphatic heterocycles. The van der Waals surface area contributed by atoms with Gasteiger partial charge >= 0.3 is 0 Å². The van der Waals surface area contributed by atoms with E-state index in [1.807, 2.05) is 0 Å². The second-order valence-electron chi connectivity index (χ2n) is 4.36. The summed E-state index contributed by atoms with van der Waals surface area (Å²) < 4.78 is 6.08. The van der Waals surface area contributed by atoms with Crippen LogP contribution in [0.2, 0.25) is 0 Å². The number of hydrogen-bond donors (Lipinski definition) is 1. The molecular weight excluding hydrogens is 194 g/mol. The lowest BCUT2D eigenvalue weighted by atomic mass is 9.97. The van der Waals surface area contributed by atoms with Crippen molar-refractivity contribution in [2.24, 2.45) is 0 Å². The van der Waals surface area contributed by atoms with E-state index in [0.717, 1.165) is 6.54 Å². The molecule has 2 nitrogen and oxygen atoms in total. The van der Waals surface area contributed by atoms with Crippen molar-refractivity contribution in [1.82, 2.24) is 5.32 Å². The van der Waals surface area contributed by atoms with Crippen LogP contribution in [0.25, 0.3) is 0 Å². The predicted octanol–water partition coefficient (Wildman–Crippen LogP) is 2.58. The van der Waals surface area contributed by atoms with E-state index in [0.29, 0.717) is 6.04 Å². The second-order valence-corrected chi connectivity index (χ2v) is 5.33. The number of thiophene rings is 1. The lowest BCUT2D eigenvalue weighted by molar-refractivity contribution is -0.118. The molecule has 1 N–H and O–H groups in total. The third-order valence-corrected chi connectivity index (χ3v) is 3.92. The van der Waals surface area contributed by atoms with Crippen LogP contribution in [0, 0.1) is 0 Å². The summed E-state index contributed by atoms with van der Waals surface area (Å²) in [7, 11) is 0. The van der Waals surface area contributed by atoms with Gasteiger partial charge in [0.2, 0.25) is 0 Å². The first-order valence-electron chi connectivity index (χ1n) is 5.04. The predicted molar refractivity (Wildman–Crippen MR) is 59.7 cm³/mol. The van der Waals surface area contributed by atoms with Crippen molar-refractivity contribution in [3.8, 4) is 0 Å². The third-order valence-electron chi connectivity index (χ3n) is 2.96. The van der Waals surface area contributed by atoms with Crippen LogP contribution in [0.4, 0.5) is 0 Å². The van der Waals surface area contributed by atoms with Crippen LogP contribution in [0.3, 0.4) is 0 Å². The number of rotatable bonds is 1. The number of hydrogen-bond acceptors (Lipinski definition) is 3. The van der Waals surface area contributed by atoms with Crippen LogP contribution in [-0.4, -0.2) is 18.2 Å². The van der Waals surface area contributed by atoms with Gasteiger partial charge in [-0.15, -0.1) is 11.3 Å². The fourth-order valence-corrected chi connectivity index (χ4v) is 2.43. The lowest BCUT2D eigenvalue weighted by Crippen LogP contribution is -2.53. The van der Waals surface area contributed by atoms with Gasteiger partial charge in [-0.1, -0.05) is 6.07 Å². The average molecular weight is 211 g/mol. The Kier molecular flexibility index (Phi) is 2.64. The van der Waals surface area contributed by atoms with E-state index in [9.17, 15) is 0 Å². The minimum absolute atomic E-state index is 0.0765. The Labute approximate surface area is 89.3 Å². The molecule has 2 unspecified atom stereocenters. The molecule has 2 atom stereocenters. The summed E-state index contributed by atoms with van der Waals surface area (Å²) in [6.07, 6.45) is 0.223. The summed E-state index contributed by atoms with van der Waals surface area (Å²) in [6.45, 7) is 7.38. The average Bonchev–Trinajstić information content (AvgIpc) is 2.62. The highest BCUT2D eigenvalue weighted by atomic mass is 32.1. The van der Waals surface area contributed by atoms with Crippen LogP contribution in [0.15, 0.2) is 17.5 Å². The van der Waals surface area contributed by atoms with E-state index in [2.05, 4.69) is 43.6 Å². The molecule has 1 saturated heterocycles. The first kappa shape index (κ1) is 10.1. The molecule has 1 fully saturated rings. The van der Waals surface area contributed by atoms with E-state index in [1.165, 1.54) is 4.88 Å². The summed E-state index contributed by atoms with van der Waals surface area (Å²) in [4.78, 5) is 1.32. The molecule has 0 bridgehead atoms. The van der Waals surface area contributed by atoms with E-state index in [1.54, 1.807) is 11.3 Å². The molecule has 1 aromatic heterocycles. The highest BCUT2D eigenvalue weighted by molar-refractivity contribution is 7.10. The van der Waals surface area contributed by atoms with Crippen LogP contribution < -0.4 is 5.32 Å². The topological polar surface area (TPSA) is 21.3 Å². The van der Waals surface area contributed by atoms with Crippen molar-refractivity contribution in [1.29, 1.82) is 0 Å². The SMILES string of the molecule is CC1NCC(c2cccs2)OC1(C)C. The summed E-state index contributed by atoms with van der Waals surface area (Å²) in [5.41, 5.74) is -0.0765. The van der Waals surface area contributed by atoms with Crippen LogP contribution in [0.5, 0.6) is 0 Å². The monoisotopic (exact) mass is 211 g/mol. The molecule has 0 amide bonds. The smallest absolute Gasteiger partial charge is 0.105 e. The van der Waals surface area contributed by atoms with Gasteiger partial charge in [0.1, 0.15) is 6.10 Å². The molecule has 78 valence electrons. The molecule has 0 spiro atoms. The van der Waals surface area contributed by atoms with E-state index < -0.39 is 0 Å². The van der Waals surface area contributed by atoms with E-state index >= 15 is 0 Å². The Balaban J connectivity index is 2.11. The zero-order chi connectivity index (χ0) is 10.2. The van der Waals surface area contributed by atoms with Crippen molar-refractivity contribution in [3.63, 3.8) is 0 Å². The summed E-state index contributed by atoms with van der Waals surface area (Å²) in [5, 5.41) is 5.59. The van der Waals surface area contributed by atoms with Crippen molar-refractivity contribution >= 4 is 11.3 Å². The molecule has 2 rings (SSSR count). The van der Waals surface area contributed by atoms with Gasteiger partial charge in [-0.3, -0.25) is 0 Å². The van der Waals surface area contributed by atoms with Crippen molar-refractivity contribution in [2.75, 3.05) is 6.54 Å². The van der Waals surface area contributed by atoms with Gasteiger partial charge in [-0.25, -0.2) is 0 Å². The molecule has 3 heteroatoms. The largest absolute Gasteiger partial charge is 0.364 e. The summed E-state index contributed by atoms with van der Waals surface area (Å²) in [5.74, 6) is 0. The van der Waals surface area contributed by atoms with E-state index in [4.69, 9.17) is 4.74 Å². The minimum Gasteiger partial charge on any atom is -0.364 e. The van der Waals surface area contributed by atoms with Gasteiger partial charge in [0, 0.05) is 17.5 Å². The molecule has 2 heterocycles. The molecule has 1 aliphatic rings. The summed E-state index contributed by atoms with van der Waals surface area (Å²) >= 11 is 1.77. The lowest BCUT2D eigenvalue weighted by Gasteiger charge is -2.41. The van der Waals surface area contributed by atoms with Crippen molar-refractivity contribution < 1.29 is 4.74 Å². The maximum atomic E-state index is 6.08. The van der Waals surface area contributed by atoms with Crippen LogP contribution in [0.1, 0.15) is 31.8 Å². The third kappa shape index (κ3) is 1.85. The molecule has 0 aliphatic carbocycles. The number of nitrogens with one attached hydrogen (secondary N) is 1. The highest BCUT2D eigenvalue weighted by Gasteiger charge is 2.35. The van der Waals surface area contributed by atoms with Gasteiger partial charge in [0.05, 0.1) is 5.60 Å². The van der Waals surface area contributed by atoms with Crippen molar-refractivity contribution in [3.05, 3.63) is 22.4 Å². The molecule has 0 radical (unpaired) electrons. The van der Waals surface area contributed by atoms with Crippen molar-refractivity contribution in [2.45, 2.75) is 38.5 Å². The first-order valence-corrected chi connectivity index (χ1v) is 5.92. The van der Waals surface area contributed by atoms with Crippen LogP contribution >= 0.6 is 11.3 Å². The van der Waals surface area contributed by atoms with Gasteiger partial charge in [0.25, 0.3) is 0 Å². The maximum absolute atomic E-state index is 6.08. The zero-order valence-corrected chi connectivity index (χ0v) is 9.73. The standard InChI is InChI=1S/C11H17NOS/c1-8-11(2,3)13-9(7-12-8)10-5-4-6-14-10/h4-6,8-9,12H,7H2,1-3H3. The Hall–Kier alpha value is -0.380. The quantitative estimate of drug-likeness (QED) is 0.771. The highest BCUT2D eigenvalue weighted by Crippen LogP contribution is 2.32. The normalized spacial score (nSPS) is 31.6. The fraction of sp³-hybridized carbons (Fsp3) is 0.636. The molecule has 1 aromatic rings. The Morgan fingerprint density at radius 3 is 2.93 bits per heavy atom. The number of morpholine rings is 1. The van der Waals surface area contributed by atoms with E-state index in [-0.39, 0.29) is 11.7 Å². The van der Waals surface area contributed by atoms with Crippen LogP contribution in [-0.2, 0) is 4.74 Å². The Bertz CT molecular complexity index is 294. The Morgan fingerprint density at radius 2 is 2.36 bits per heavy atom. The summed E-state index contributed by atoms with van der Waals surface area (Å²) in [6, 6.07) is 4.64. The molecular formula is C11H17NOS. The molecule has 0 saturated carbocycles. The maximum Gasteiger partial charge on any atom is 0.105 e. The second kappa shape index (κ2) is 3.65. The van der Waals surface area contributed by atoms with Gasteiger partial charge in [0.15, 0.2) is 0 Å². The molecule has 14 heavy (non-hydrogen) atoms. The zero-order valence-electron chi connectivity index (χ0n) is 8.91. The first-order chi connectivity index (χ1) is 6.59. The van der Waals surface area contributed by atoms with Gasteiger partial charge in [-0.05, 0) is 32.2 Å². The molecule has 0 aromatic carbocycles. The number of ether oxygens (including phenoxy) is 1. The van der Waals surface area contributed by atoms with Gasteiger partial charge in [-0.2, -0.15) is 0 Å². The fourth-order valence-electron chi connectivity index (χ4n) is 1.67.